The number of nitrogen functional groups attached to an aromatic ring is 1. The summed E-state index contributed by atoms with van der Waals surface area (Å²) >= 11 is 9.25. The van der Waals surface area contributed by atoms with Crippen LogP contribution in [0.1, 0.15) is 10.4 Å². The number of aryl methyl sites for hydroxylation is 1. The van der Waals surface area contributed by atoms with Crippen LogP contribution in [0.15, 0.2) is 28.9 Å². The van der Waals surface area contributed by atoms with Crippen LogP contribution in [0.3, 0.4) is 0 Å². The van der Waals surface area contributed by atoms with Crippen LogP contribution in [0.25, 0.3) is 0 Å². The van der Waals surface area contributed by atoms with E-state index in [4.69, 9.17) is 17.3 Å². The van der Waals surface area contributed by atoms with Crippen LogP contribution >= 0.6 is 27.5 Å². The lowest BCUT2D eigenvalue weighted by atomic mass is 10.2. The van der Waals surface area contributed by atoms with Gasteiger partial charge in [-0.15, -0.1) is 0 Å². The summed E-state index contributed by atoms with van der Waals surface area (Å²) in [5, 5.41) is 7.15. The molecule has 0 aliphatic heterocycles. The molecule has 3 N–H and O–H groups in total. The Balaban J connectivity index is 2.27. The van der Waals surface area contributed by atoms with E-state index < -0.39 is 0 Å². The van der Waals surface area contributed by atoms with Gasteiger partial charge in [0.25, 0.3) is 5.91 Å². The Morgan fingerprint density at radius 3 is 2.89 bits per heavy atom. The number of aromatic nitrogens is 2. The molecule has 0 radical (unpaired) electrons. The monoisotopic (exact) mass is 328 g/mol. The van der Waals surface area contributed by atoms with Crippen molar-refractivity contribution in [1.29, 1.82) is 0 Å². The third-order valence-electron chi connectivity index (χ3n) is 2.43. The Morgan fingerprint density at radius 2 is 2.28 bits per heavy atom. The van der Waals surface area contributed by atoms with Gasteiger partial charge in [-0.25, -0.2) is 0 Å². The van der Waals surface area contributed by atoms with Crippen molar-refractivity contribution in [3.05, 3.63) is 39.5 Å². The Hall–Kier alpha value is -1.53. The zero-order valence-electron chi connectivity index (χ0n) is 9.45. The van der Waals surface area contributed by atoms with Crippen molar-refractivity contribution in [2.24, 2.45) is 7.05 Å². The fourth-order valence-corrected chi connectivity index (χ4v) is 1.95. The summed E-state index contributed by atoms with van der Waals surface area (Å²) in [4.78, 5) is 12.0. The third-order valence-corrected chi connectivity index (χ3v) is 3.83. The number of anilines is 2. The van der Waals surface area contributed by atoms with Crippen molar-refractivity contribution >= 4 is 44.9 Å². The smallest absolute Gasteiger partial charge is 0.261 e. The molecule has 0 unspecified atom stereocenters. The highest BCUT2D eigenvalue weighted by atomic mass is 79.9. The average molecular weight is 330 g/mol. The molecule has 0 fully saturated rings. The molecular weight excluding hydrogens is 320 g/mol. The molecule has 1 amide bonds. The molecule has 0 saturated heterocycles. The molecule has 1 heterocycles. The highest BCUT2D eigenvalue weighted by Crippen LogP contribution is 2.30. The van der Waals surface area contributed by atoms with Gasteiger partial charge in [-0.1, -0.05) is 17.7 Å². The molecule has 7 heteroatoms. The SMILES string of the molecule is Cn1ncc(C(=O)Nc2cccc(Cl)c2Br)c1N. The second kappa shape index (κ2) is 4.99. The van der Waals surface area contributed by atoms with Crippen molar-refractivity contribution in [3.63, 3.8) is 0 Å². The molecule has 0 aliphatic carbocycles. The zero-order chi connectivity index (χ0) is 13.3. The van der Waals surface area contributed by atoms with Crippen LogP contribution in [-0.2, 0) is 7.05 Å². The van der Waals surface area contributed by atoms with Gasteiger partial charge in [-0.05, 0) is 28.1 Å². The Morgan fingerprint density at radius 1 is 1.56 bits per heavy atom. The number of nitrogens with zero attached hydrogens (tertiary/aromatic N) is 2. The molecular formula is C11H10BrClN4O. The fourth-order valence-electron chi connectivity index (χ4n) is 1.41. The van der Waals surface area contributed by atoms with Gasteiger partial charge in [0, 0.05) is 7.05 Å². The predicted molar refractivity (Wildman–Crippen MR) is 74.7 cm³/mol. The molecule has 0 atom stereocenters. The van der Waals surface area contributed by atoms with E-state index in [0.29, 0.717) is 26.6 Å². The minimum absolute atomic E-state index is 0.311. The summed E-state index contributed by atoms with van der Waals surface area (Å²) in [5.41, 5.74) is 6.63. The van der Waals surface area contributed by atoms with Crippen LogP contribution < -0.4 is 11.1 Å². The van der Waals surface area contributed by atoms with Gasteiger partial charge in [0.2, 0.25) is 0 Å². The first kappa shape index (κ1) is 12.9. The van der Waals surface area contributed by atoms with E-state index >= 15 is 0 Å². The number of benzene rings is 1. The fraction of sp³-hybridized carbons (Fsp3) is 0.0909. The Labute approximate surface area is 117 Å². The highest BCUT2D eigenvalue weighted by molar-refractivity contribution is 9.10. The average Bonchev–Trinajstić information content (AvgIpc) is 2.66. The zero-order valence-corrected chi connectivity index (χ0v) is 11.8. The number of halogens is 2. The number of nitrogens with one attached hydrogen (secondary N) is 1. The maximum atomic E-state index is 12.0. The van der Waals surface area contributed by atoms with Gasteiger partial charge < -0.3 is 11.1 Å². The molecule has 0 aliphatic rings. The van der Waals surface area contributed by atoms with Crippen molar-refractivity contribution in [2.75, 3.05) is 11.1 Å². The van der Waals surface area contributed by atoms with Gasteiger partial charge in [-0.3, -0.25) is 9.48 Å². The van der Waals surface area contributed by atoms with E-state index in [-0.39, 0.29) is 5.91 Å². The lowest BCUT2D eigenvalue weighted by molar-refractivity contribution is 0.102. The molecule has 0 bridgehead atoms. The number of hydrogen-bond acceptors (Lipinski definition) is 3. The summed E-state index contributed by atoms with van der Waals surface area (Å²) in [6.45, 7) is 0. The van der Waals surface area contributed by atoms with Gasteiger partial charge in [-0.2, -0.15) is 5.10 Å². The van der Waals surface area contributed by atoms with Crippen LogP contribution in [0.4, 0.5) is 11.5 Å². The van der Waals surface area contributed by atoms with Gasteiger partial charge >= 0.3 is 0 Å². The second-order valence-electron chi connectivity index (χ2n) is 3.62. The normalized spacial score (nSPS) is 10.4. The summed E-state index contributed by atoms with van der Waals surface area (Å²) in [6, 6.07) is 5.20. The Bertz CT molecular complexity index is 611. The molecule has 2 rings (SSSR count). The quantitative estimate of drug-likeness (QED) is 0.889. The maximum Gasteiger partial charge on any atom is 0.261 e. The molecule has 1 aromatic heterocycles. The van der Waals surface area contributed by atoms with E-state index in [2.05, 4.69) is 26.3 Å². The van der Waals surface area contributed by atoms with Crippen LogP contribution in [0, 0.1) is 0 Å². The standard InChI is InChI=1S/C11H10BrClN4O/c1-17-10(14)6(5-15-17)11(18)16-8-4-2-3-7(13)9(8)12/h2-5H,14H2,1H3,(H,16,18). The van der Waals surface area contributed by atoms with Gasteiger partial charge in [0.15, 0.2) is 0 Å². The minimum atomic E-state index is -0.330. The lowest BCUT2D eigenvalue weighted by Gasteiger charge is -2.07. The van der Waals surface area contributed by atoms with Crippen LogP contribution in [0.2, 0.25) is 5.02 Å². The molecule has 18 heavy (non-hydrogen) atoms. The molecule has 0 spiro atoms. The number of hydrogen-bond donors (Lipinski definition) is 2. The first-order valence-corrected chi connectivity index (χ1v) is 6.20. The van der Waals surface area contributed by atoms with Crippen LogP contribution in [-0.4, -0.2) is 15.7 Å². The van der Waals surface area contributed by atoms with Crippen molar-refractivity contribution in [3.8, 4) is 0 Å². The predicted octanol–water partition coefficient (Wildman–Crippen LogP) is 2.67. The Kier molecular flexibility index (Phi) is 3.58. The molecule has 5 nitrogen and oxygen atoms in total. The number of carbonyl (C=O) groups excluding carboxylic acids is 1. The van der Waals surface area contributed by atoms with Crippen molar-refractivity contribution in [2.45, 2.75) is 0 Å². The molecule has 2 aromatic rings. The summed E-state index contributed by atoms with van der Waals surface area (Å²) in [5.74, 6) is -0.0192. The van der Waals surface area contributed by atoms with E-state index in [1.54, 1.807) is 25.2 Å². The number of carbonyl (C=O) groups is 1. The third kappa shape index (κ3) is 2.34. The van der Waals surface area contributed by atoms with Crippen molar-refractivity contribution < 1.29 is 4.79 Å². The summed E-state index contributed by atoms with van der Waals surface area (Å²) < 4.78 is 2.06. The number of rotatable bonds is 2. The largest absolute Gasteiger partial charge is 0.383 e. The van der Waals surface area contributed by atoms with E-state index in [1.807, 2.05) is 0 Å². The van der Waals surface area contributed by atoms with Gasteiger partial charge in [0.1, 0.15) is 11.4 Å². The molecule has 0 saturated carbocycles. The first-order valence-electron chi connectivity index (χ1n) is 5.03. The van der Waals surface area contributed by atoms with Gasteiger partial charge in [0.05, 0.1) is 21.4 Å². The minimum Gasteiger partial charge on any atom is -0.383 e. The van der Waals surface area contributed by atoms with E-state index in [1.165, 1.54) is 10.9 Å². The number of nitrogens with two attached hydrogens (primary N) is 1. The molecule has 1 aromatic carbocycles. The first-order chi connectivity index (χ1) is 8.50. The van der Waals surface area contributed by atoms with Crippen molar-refractivity contribution in [1.82, 2.24) is 9.78 Å². The molecule has 94 valence electrons. The maximum absolute atomic E-state index is 12.0. The van der Waals surface area contributed by atoms with E-state index in [9.17, 15) is 4.79 Å². The van der Waals surface area contributed by atoms with E-state index in [0.717, 1.165) is 0 Å². The number of amides is 1. The highest BCUT2D eigenvalue weighted by Gasteiger charge is 2.15. The summed E-state index contributed by atoms with van der Waals surface area (Å²) in [7, 11) is 1.67. The summed E-state index contributed by atoms with van der Waals surface area (Å²) in [6.07, 6.45) is 1.42. The topological polar surface area (TPSA) is 72.9 Å². The lowest BCUT2D eigenvalue weighted by Crippen LogP contribution is -2.14. The second-order valence-corrected chi connectivity index (χ2v) is 4.82. The van der Waals surface area contributed by atoms with Crippen LogP contribution in [0.5, 0.6) is 0 Å².